The average molecular weight is 340 g/mol. The van der Waals surface area contributed by atoms with Crippen LogP contribution in [-0.2, 0) is 17.6 Å². The largest absolute Gasteiger partial charge is 0.493 e. The number of ether oxygens (including phenoxy) is 2. The lowest BCUT2D eigenvalue weighted by Crippen LogP contribution is -2.31. The van der Waals surface area contributed by atoms with Crippen molar-refractivity contribution in [2.45, 2.75) is 50.7 Å². The molecular weight excluding hydrogens is 318 g/mol. The maximum absolute atomic E-state index is 6.33. The Hall–Kier alpha value is -0.580. The van der Waals surface area contributed by atoms with Gasteiger partial charge in [-0.15, -0.1) is 0 Å². The van der Waals surface area contributed by atoms with Crippen LogP contribution in [0.5, 0.6) is 5.75 Å². The summed E-state index contributed by atoms with van der Waals surface area (Å²) in [5.41, 5.74) is 8.86. The van der Waals surface area contributed by atoms with Gasteiger partial charge in [0.25, 0.3) is 0 Å². The van der Waals surface area contributed by atoms with E-state index in [4.69, 9.17) is 15.2 Å². The van der Waals surface area contributed by atoms with Crippen molar-refractivity contribution in [1.29, 1.82) is 0 Å². The zero-order valence-electron chi connectivity index (χ0n) is 11.7. The molecule has 0 aliphatic carbocycles. The lowest BCUT2D eigenvalue weighted by molar-refractivity contribution is 0.00744. The first-order valence-corrected chi connectivity index (χ1v) is 8.33. The molecule has 2 N–H and O–H groups in total. The van der Waals surface area contributed by atoms with Gasteiger partial charge < -0.3 is 15.2 Å². The Bertz CT molecular complexity index is 472. The second-order valence-electron chi connectivity index (χ2n) is 5.84. The summed E-state index contributed by atoms with van der Waals surface area (Å²) in [6.45, 7) is 1.69. The molecule has 1 aromatic rings. The van der Waals surface area contributed by atoms with E-state index in [1.807, 2.05) is 0 Å². The van der Waals surface area contributed by atoms with Gasteiger partial charge in [-0.2, -0.15) is 0 Å². The first-order valence-electron chi connectivity index (χ1n) is 7.53. The topological polar surface area (TPSA) is 44.5 Å². The second kappa shape index (κ2) is 6.46. The van der Waals surface area contributed by atoms with Crippen molar-refractivity contribution < 1.29 is 9.47 Å². The molecule has 0 amide bonds. The van der Waals surface area contributed by atoms with Gasteiger partial charge in [0.1, 0.15) is 5.75 Å². The molecule has 1 aromatic carbocycles. The molecule has 4 heteroatoms. The van der Waals surface area contributed by atoms with Crippen LogP contribution in [0.25, 0.3) is 0 Å². The second-order valence-corrected chi connectivity index (χ2v) is 6.76. The van der Waals surface area contributed by atoms with E-state index in [1.54, 1.807) is 0 Å². The fourth-order valence-corrected chi connectivity index (χ4v) is 3.75. The van der Waals surface area contributed by atoms with Gasteiger partial charge in [-0.25, -0.2) is 0 Å². The summed E-state index contributed by atoms with van der Waals surface area (Å²) in [6, 6.07) is 4.44. The van der Waals surface area contributed by atoms with Crippen LogP contribution in [0.4, 0.5) is 0 Å². The Labute approximate surface area is 129 Å². The van der Waals surface area contributed by atoms with E-state index in [0.717, 1.165) is 49.1 Å². The monoisotopic (exact) mass is 339 g/mol. The van der Waals surface area contributed by atoms with Gasteiger partial charge in [0, 0.05) is 23.5 Å². The molecule has 1 saturated heterocycles. The van der Waals surface area contributed by atoms with Crippen LogP contribution in [0.3, 0.4) is 0 Å². The van der Waals surface area contributed by atoms with Crippen molar-refractivity contribution in [3.8, 4) is 5.75 Å². The van der Waals surface area contributed by atoms with Crippen molar-refractivity contribution in [3.63, 3.8) is 0 Å². The molecule has 2 aliphatic rings. The molecule has 0 aromatic heterocycles. The van der Waals surface area contributed by atoms with Crippen molar-refractivity contribution in [2.24, 2.45) is 5.73 Å². The highest BCUT2D eigenvalue weighted by Gasteiger charge is 2.21. The van der Waals surface area contributed by atoms with Crippen molar-refractivity contribution in [3.05, 3.63) is 27.7 Å². The van der Waals surface area contributed by atoms with Crippen LogP contribution in [0.2, 0.25) is 0 Å². The minimum atomic E-state index is 0.140. The van der Waals surface area contributed by atoms with Crippen LogP contribution in [0.1, 0.15) is 36.8 Å². The normalized spacial score (nSPS) is 23.2. The predicted molar refractivity (Wildman–Crippen MR) is 83.2 cm³/mol. The van der Waals surface area contributed by atoms with E-state index < -0.39 is 0 Å². The van der Waals surface area contributed by atoms with E-state index in [2.05, 4.69) is 28.1 Å². The van der Waals surface area contributed by atoms with E-state index in [9.17, 15) is 0 Å². The predicted octanol–water partition coefficient (Wildman–Crippen LogP) is 3.21. The SMILES string of the molecule is NC(Cc1cc(Br)cc2c1OCC2)CC1CCCCO1. The van der Waals surface area contributed by atoms with Crippen LogP contribution >= 0.6 is 15.9 Å². The van der Waals surface area contributed by atoms with Crippen LogP contribution < -0.4 is 10.5 Å². The van der Waals surface area contributed by atoms with Gasteiger partial charge in [0.15, 0.2) is 0 Å². The summed E-state index contributed by atoms with van der Waals surface area (Å²) in [7, 11) is 0. The Balaban J connectivity index is 1.65. The van der Waals surface area contributed by atoms with Crippen molar-refractivity contribution in [1.82, 2.24) is 0 Å². The summed E-state index contributed by atoms with van der Waals surface area (Å²) >= 11 is 3.58. The molecule has 2 heterocycles. The van der Waals surface area contributed by atoms with Crippen molar-refractivity contribution >= 4 is 15.9 Å². The Morgan fingerprint density at radius 2 is 2.20 bits per heavy atom. The number of rotatable bonds is 4. The highest BCUT2D eigenvalue weighted by atomic mass is 79.9. The van der Waals surface area contributed by atoms with Crippen molar-refractivity contribution in [2.75, 3.05) is 13.2 Å². The first kappa shape index (κ1) is 14.4. The standard InChI is InChI=1S/C16H22BrNO2/c17-13-7-11-4-6-20-16(11)12(8-13)9-14(18)10-15-3-1-2-5-19-15/h7-8,14-15H,1-6,9-10,18H2. The van der Waals surface area contributed by atoms with Crippen LogP contribution in [-0.4, -0.2) is 25.4 Å². The minimum absolute atomic E-state index is 0.140. The molecule has 2 aliphatic heterocycles. The minimum Gasteiger partial charge on any atom is -0.493 e. The zero-order chi connectivity index (χ0) is 13.9. The molecule has 3 nitrogen and oxygen atoms in total. The van der Waals surface area contributed by atoms with Crippen LogP contribution in [0.15, 0.2) is 16.6 Å². The summed E-state index contributed by atoms with van der Waals surface area (Å²) < 4.78 is 12.7. The Kier molecular flexibility index (Phi) is 4.64. The summed E-state index contributed by atoms with van der Waals surface area (Å²) in [5, 5.41) is 0. The number of hydrogen-bond donors (Lipinski definition) is 1. The molecule has 2 unspecified atom stereocenters. The van der Waals surface area contributed by atoms with E-state index in [-0.39, 0.29) is 6.04 Å². The third-order valence-electron chi connectivity index (χ3n) is 4.15. The number of hydrogen-bond acceptors (Lipinski definition) is 3. The lowest BCUT2D eigenvalue weighted by Gasteiger charge is -2.25. The Morgan fingerprint density at radius 1 is 1.30 bits per heavy atom. The Morgan fingerprint density at radius 3 is 3.00 bits per heavy atom. The van der Waals surface area contributed by atoms with E-state index in [0.29, 0.717) is 6.10 Å². The molecule has 1 fully saturated rings. The fourth-order valence-electron chi connectivity index (χ4n) is 3.19. The van der Waals surface area contributed by atoms with Gasteiger partial charge in [-0.05, 0) is 55.4 Å². The number of halogens is 1. The maximum atomic E-state index is 6.33. The van der Waals surface area contributed by atoms with Gasteiger partial charge in [-0.1, -0.05) is 15.9 Å². The maximum Gasteiger partial charge on any atom is 0.125 e. The van der Waals surface area contributed by atoms with E-state index >= 15 is 0 Å². The van der Waals surface area contributed by atoms with Gasteiger partial charge in [-0.3, -0.25) is 0 Å². The molecule has 0 spiro atoms. The molecular formula is C16H22BrNO2. The zero-order valence-corrected chi connectivity index (χ0v) is 13.3. The molecule has 20 heavy (non-hydrogen) atoms. The summed E-state index contributed by atoms with van der Waals surface area (Å²) in [4.78, 5) is 0. The molecule has 2 atom stereocenters. The fraction of sp³-hybridized carbons (Fsp3) is 0.625. The quantitative estimate of drug-likeness (QED) is 0.915. The smallest absolute Gasteiger partial charge is 0.125 e. The third-order valence-corrected chi connectivity index (χ3v) is 4.60. The highest BCUT2D eigenvalue weighted by molar-refractivity contribution is 9.10. The number of benzene rings is 1. The van der Waals surface area contributed by atoms with E-state index in [1.165, 1.54) is 24.0 Å². The van der Waals surface area contributed by atoms with Gasteiger partial charge >= 0.3 is 0 Å². The molecule has 3 rings (SSSR count). The third kappa shape index (κ3) is 3.35. The number of nitrogens with two attached hydrogens (primary N) is 1. The molecule has 0 saturated carbocycles. The van der Waals surface area contributed by atoms with Crippen LogP contribution in [0, 0.1) is 0 Å². The molecule has 110 valence electrons. The highest BCUT2D eigenvalue weighted by Crippen LogP contribution is 2.34. The lowest BCUT2D eigenvalue weighted by atomic mass is 9.96. The van der Waals surface area contributed by atoms with Gasteiger partial charge in [0.05, 0.1) is 12.7 Å². The first-order chi connectivity index (χ1) is 9.72. The molecule has 0 radical (unpaired) electrons. The average Bonchev–Trinajstić information content (AvgIpc) is 2.88. The summed E-state index contributed by atoms with van der Waals surface area (Å²) in [5.74, 6) is 1.06. The van der Waals surface area contributed by atoms with Gasteiger partial charge in [0.2, 0.25) is 0 Å². The molecule has 0 bridgehead atoms. The summed E-state index contributed by atoms with van der Waals surface area (Å²) in [6.07, 6.45) is 6.78. The number of fused-ring (bicyclic) bond motifs is 1.